The van der Waals surface area contributed by atoms with Crippen molar-refractivity contribution in [3.05, 3.63) is 23.5 Å². The zero-order valence-electron chi connectivity index (χ0n) is 15.2. The molecule has 1 atom stereocenters. The van der Waals surface area contributed by atoms with Crippen molar-refractivity contribution in [1.29, 1.82) is 0 Å². The van der Waals surface area contributed by atoms with Crippen LogP contribution in [-0.2, 0) is 24.9 Å². The van der Waals surface area contributed by atoms with Gasteiger partial charge in [-0.05, 0) is 37.3 Å². The average Bonchev–Trinajstić information content (AvgIpc) is 3.01. The van der Waals surface area contributed by atoms with Crippen LogP contribution in [0.5, 0.6) is 0 Å². The van der Waals surface area contributed by atoms with Crippen LogP contribution in [0, 0.1) is 5.92 Å². The van der Waals surface area contributed by atoms with E-state index in [1.165, 1.54) is 0 Å². The number of hydrogen-bond donors (Lipinski definition) is 2. The van der Waals surface area contributed by atoms with Crippen molar-refractivity contribution >= 4 is 11.7 Å². The van der Waals surface area contributed by atoms with Crippen molar-refractivity contribution in [2.75, 3.05) is 18.0 Å². The Hall–Kier alpha value is -2.48. The van der Waals surface area contributed by atoms with Crippen molar-refractivity contribution in [2.45, 2.75) is 39.2 Å². The van der Waals surface area contributed by atoms with Crippen LogP contribution in [0.3, 0.4) is 0 Å². The summed E-state index contributed by atoms with van der Waals surface area (Å²) in [6, 6.07) is 3.93. The molecule has 1 aliphatic rings. The number of carboxylic acid groups (broad SMARTS) is 1. The Morgan fingerprint density at radius 1 is 1.38 bits per heavy atom. The summed E-state index contributed by atoms with van der Waals surface area (Å²) in [7, 11) is 1.74. The molecular weight excluding hydrogens is 334 g/mol. The first-order chi connectivity index (χ1) is 12.5. The molecule has 1 aliphatic heterocycles. The van der Waals surface area contributed by atoms with Crippen LogP contribution in [0.1, 0.15) is 37.6 Å². The SMILES string of the molecule is CCc1nc(-c2nnn(C)c2CO)ccc1N1CCC[C@H](CC(=O)O)C1. The molecule has 8 heteroatoms. The minimum atomic E-state index is -0.736. The monoisotopic (exact) mass is 359 g/mol. The number of aryl methyl sites for hydroxylation is 2. The van der Waals surface area contributed by atoms with Gasteiger partial charge in [-0.2, -0.15) is 0 Å². The molecule has 1 fully saturated rings. The van der Waals surface area contributed by atoms with Gasteiger partial charge < -0.3 is 15.1 Å². The largest absolute Gasteiger partial charge is 0.481 e. The summed E-state index contributed by atoms with van der Waals surface area (Å²) in [5.74, 6) is -0.563. The average molecular weight is 359 g/mol. The highest BCUT2D eigenvalue weighted by Crippen LogP contribution is 2.30. The molecule has 0 aromatic carbocycles. The molecule has 0 amide bonds. The van der Waals surface area contributed by atoms with E-state index < -0.39 is 5.97 Å². The predicted molar refractivity (Wildman–Crippen MR) is 96.7 cm³/mol. The van der Waals surface area contributed by atoms with Crippen LogP contribution in [0.2, 0.25) is 0 Å². The Morgan fingerprint density at radius 2 is 2.19 bits per heavy atom. The highest BCUT2D eigenvalue weighted by Gasteiger charge is 2.24. The van der Waals surface area contributed by atoms with E-state index >= 15 is 0 Å². The lowest BCUT2D eigenvalue weighted by Crippen LogP contribution is -2.37. The predicted octanol–water partition coefficient (Wildman–Crippen LogP) is 1.62. The minimum absolute atomic E-state index is 0.146. The van der Waals surface area contributed by atoms with Crippen LogP contribution in [0.4, 0.5) is 5.69 Å². The van der Waals surface area contributed by atoms with Gasteiger partial charge in [0.2, 0.25) is 0 Å². The van der Waals surface area contributed by atoms with Crippen molar-refractivity contribution < 1.29 is 15.0 Å². The molecule has 8 nitrogen and oxygen atoms in total. The van der Waals surface area contributed by atoms with Crippen molar-refractivity contribution in [3.63, 3.8) is 0 Å². The first kappa shape index (κ1) is 18.3. The molecule has 2 N–H and O–H groups in total. The van der Waals surface area contributed by atoms with Crippen LogP contribution in [0.25, 0.3) is 11.4 Å². The summed E-state index contributed by atoms with van der Waals surface area (Å²) in [4.78, 5) is 18.0. The van der Waals surface area contributed by atoms with Gasteiger partial charge in [0.05, 0.1) is 29.4 Å². The molecule has 0 radical (unpaired) electrons. The maximum absolute atomic E-state index is 11.0. The highest BCUT2D eigenvalue weighted by molar-refractivity contribution is 5.67. The van der Waals surface area contributed by atoms with Gasteiger partial charge in [-0.25, -0.2) is 9.67 Å². The molecule has 3 rings (SSSR count). The summed E-state index contributed by atoms with van der Waals surface area (Å²) in [6.07, 6.45) is 2.91. The normalized spacial score (nSPS) is 17.5. The first-order valence-corrected chi connectivity index (χ1v) is 8.99. The lowest BCUT2D eigenvalue weighted by molar-refractivity contribution is -0.138. The number of anilines is 1. The number of piperidine rings is 1. The standard InChI is InChI=1S/C18H25N5O3/c1-3-13-15(23-8-4-5-12(10-23)9-17(25)26)7-6-14(19-13)18-16(11-24)22(2)21-20-18/h6-7,12,24H,3-5,8-11H2,1-2H3,(H,25,26)/t12-/m1/s1. The number of hydrogen-bond acceptors (Lipinski definition) is 6. The molecule has 0 spiro atoms. The quantitative estimate of drug-likeness (QED) is 0.807. The Balaban J connectivity index is 1.88. The molecule has 0 bridgehead atoms. The topological polar surface area (TPSA) is 104 Å². The van der Waals surface area contributed by atoms with Gasteiger partial charge in [0, 0.05) is 26.6 Å². The van der Waals surface area contributed by atoms with Gasteiger partial charge in [-0.15, -0.1) is 5.10 Å². The summed E-state index contributed by atoms with van der Waals surface area (Å²) >= 11 is 0. The van der Waals surface area contributed by atoms with E-state index in [-0.39, 0.29) is 18.9 Å². The number of pyridine rings is 1. The number of carboxylic acids is 1. The lowest BCUT2D eigenvalue weighted by Gasteiger charge is -2.34. The maximum atomic E-state index is 11.0. The summed E-state index contributed by atoms with van der Waals surface area (Å²) in [6.45, 7) is 3.56. The fourth-order valence-corrected chi connectivity index (χ4v) is 3.62. The van der Waals surface area contributed by atoms with E-state index in [4.69, 9.17) is 10.1 Å². The summed E-state index contributed by atoms with van der Waals surface area (Å²) in [5, 5.41) is 26.7. The third-order valence-corrected chi connectivity index (χ3v) is 4.94. The van der Waals surface area contributed by atoms with Crippen LogP contribution in [0.15, 0.2) is 12.1 Å². The first-order valence-electron chi connectivity index (χ1n) is 8.99. The number of nitrogens with zero attached hydrogens (tertiary/aromatic N) is 5. The number of aliphatic hydroxyl groups is 1. The number of aliphatic hydroxyl groups excluding tert-OH is 1. The summed E-state index contributed by atoms with van der Waals surface area (Å²) < 4.78 is 1.55. The smallest absolute Gasteiger partial charge is 0.303 e. The molecule has 0 unspecified atom stereocenters. The minimum Gasteiger partial charge on any atom is -0.481 e. The molecular formula is C18H25N5O3. The van der Waals surface area contributed by atoms with Gasteiger partial charge in [0.15, 0.2) is 0 Å². The molecule has 0 saturated carbocycles. The molecule has 3 heterocycles. The fourth-order valence-electron chi connectivity index (χ4n) is 3.62. The second kappa shape index (κ2) is 7.82. The van der Waals surface area contributed by atoms with Gasteiger partial charge in [-0.1, -0.05) is 12.1 Å². The zero-order chi connectivity index (χ0) is 18.7. The molecule has 1 saturated heterocycles. The van der Waals surface area contributed by atoms with Gasteiger partial charge in [0.25, 0.3) is 0 Å². The van der Waals surface area contributed by atoms with Crippen molar-refractivity contribution in [1.82, 2.24) is 20.0 Å². The third kappa shape index (κ3) is 3.70. The Morgan fingerprint density at radius 3 is 2.88 bits per heavy atom. The molecule has 2 aromatic heterocycles. The highest BCUT2D eigenvalue weighted by atomic mass is 16.4. The van der Waals surface area contributed by atoms with E-state index in [1.54, 1.807) is 11.7 Å². The van der Waals surface area contributed by atoms with Crippen LogP contribution >= 0.6 is 0 Å². The summed E-state index contributed by atoms with van der Waals surface area (Å²) in [5.41, 5.74) is 3.93. The van der Waals surface area contributed by atoms with E-state index in [0.717, 1.165) is 43.7 Å². The van der Waals surface area contributed by atoms with Crippen LogP contribution < -0.4 is 4.90 Å². The van der Waals surface area contributed by atoms with E-state index in [0.29, 0.717) is 17.1 Å². The van der Waals surface area contributed by atoms with Crippen molar-refractivity contribution in [3.8, 4) is 11.4 Å². The number of aliphatic carboxylic acids is 1. The van der Waals surface area contributed by atoms with Gasteiger partial charge in [0.1, 0.15) is 5.69 Å². The molecule has 2 aromatic rings. The zero-order valence-corrected chi connectivity index (χ0v) is 15.2. The number of aromatic nitrogens is 4. The maximum Gasteiger partial charge on any atom is 0.303 e. The van der Waals surface area contributed by atoms with E-state index in [9.17, 15) is 9.90 Å². The Kier molecular flexibility index (Phi) is 5.51. The fraction of sp³-hybridized carbons (Fsp3) is 0.556. The number of rotatable bonds is 6. The van der Waals surface area contributed by atoms with Gasteiger partial charge in [-0.3, -0.25) is 4.79 Å². The van der Waals surface area contributed by atoms with Crippen molar-refractivity contribution in [2.24, 2.45) is 13.0 Å². The second-order valence-corrected chi connectivity index (χ2v) is 6.73. The Bertz CT molecular complexity index is 789. The van der Waals surface area contributed by atoms with E-state index in [1.807, 2.05) is 12.1 Å². The van der Waals surface area contributed by atoms with Gasteiger partial charge >= 0.3 is 5.97 Å². The molecule has 140 valence electrons. The lowest BCUT2D eigenvalue weighted by atomic mass is 9.94. The van der Waals surface area contributed by atoms with Crippen LogP contribution in [-0.4, -0.2) is 49.2 Å². The number of carbonyl (C=O) groups is 1. The molecule has 0 aliphatic carbocycles. The second-order valence-electron chi connectivity index (χ2n) is 6.73. The molecule has 26 heavy (non-hydrogen) atoms. The van der Waals surface area contributed by atoms with E-state index in [2.05, 4.69) is 22.1 Å². The Labute approximate surface area is 152 Å². The third-order valence-electron chi connectivity index (χ3n) is 4.94.